The third-order valence-electron chi connectivity index (χ3n) is 18.0. The third-order valence-corrected chi connectivity index (χ3v) is 22.2. The Morgan fingerprint density at radius 1 is 0.525 bits per heavy atom. The molecule has 0 spiro atoms. The van der Waals surface area contributed by atoms with Gasteiger partial charge in [-0.05, 0) is 62.1 Å². The molecule has 2 unspecified atom stereocenters. The second kappa shape index (κ2) is 59.7. The normalized spacial score (nSPS) is 19.1. The Balaban J connectivity index is 0.000000680. The molecular weight excluding hydrogens is 1390 g/mol. The van der Waals surface area contributed by atoms with Crippen LogP contribution in [0.1, 0.15) is 295 Å². The molecule has 3 N–H and O–H groups in total. The van der Waals surface area contributed by atoms with Crippen molar-refractivity contribution in [1.82, 2.24) is 19.1 Å². The Hall–Kier alpha value is -2.26. The second-order valence-electron chi connectivity index (χ2n) is 26.8. The minimum atomic E-state index is -4.76. The summed E-state index contributed by atoms with van der Waals surface area (Å²) in [5.41, 5.74) is 16.3. The summed E-state index contributed by atoms with van der Waals surface area (Å²) >= 11 is 3.53. The standard InChI is InChI=1S/2C35H64N5O8PS.Na/c2*1-4-6-8-10-12-14-15-17-19-21-23-50-28-30(45-22-20-18-16-13-11-9-7-5-2)26-46-49(43,44)47-27-32-31(38-39-36)24-33(48-32)40-25-29(3)34(41)37-35(40)42;/h2*25,30-33H,4-24,26-28H2,1-3H3,(H,43,44)(H,37,41,42);/q;;+1/p-1/t2*30-,31-,32+,33+;/m00./s1. The minimum Gasteiger partial charge on any atom is -0.756 e. The van der Waals surface area contributed by atoms with Gasteiger partial charge in [-0.2, -0.15) is 23.5 Å². The number of H-pyrrole nitrogens is 2. The molecule has 0 bridgehead atoms. The summed E-state index contributed by atoms with van der Waals surface area (Å²) in [5.74, 6) is 3.25. The summed E-state index contributed by atoms with van der Waals surface area (Å²) in [6.07, 6.45) is 43.3. The van der Waals surface area contributed by atoms with Gasteiger partial charge in [0.15, 0.2) is 0 Å². The number of hydrogen-bond donors (Lipinski definition) is 3. The van der Waals surface area contributed by atoms with E-state index in [1.54, 1.807) is 37.4 Å². The molecular formula is C70H127N10NaO16P2S2. The van der Waals surface area contributed by atoms with Crippen molar-refractivity contribution in [1.29, 1.82) is 0 Å². The first-order valence-corrected chi connectivity index (χ1v) is 43.3. The predicted molar refractivity (Wildman–Crippen MR) is 399 cm³/mol. The number of aryl methyl sites for hydroxylation is 2. The number of phosphoric ester groups is 2. The Morgan fingerprint density at radius 2 is 0.842 bits per heavy atom. The zero-order valence-electron chi connectivity index (χ0n) is 62.6. The van der Waals surface area contributed by atoms with E-state index in [1.165, 1.54) is 214 Å². The number of hydrogen-bond acceptors (Lipinski definition) is 19. The van der Waals surface area contributed by atoms with Crippen LogP contribution in [0.3, 0.4) is 0 Å². The molecule has 2 saturated heterocycles. The maximum Gasteiger partial charge on any atom is 1.00 e. The Labute approximate surface area is 633 Å². The molecule has 0 aromatic carbocycles. The van der Waals surface area contributed by atoms with Gasteiger partial charge in [-0.3, -0.25) is 42.3 Å². The van der Waals surface area contributed by atoms with Crippen LogP contribution in [0.5, 0.6) is 0 Å². The van der Waals surface area contributed by atoms with E-state index in [4.69, 9.17) is 48.1 Å². The SMILES string of the molecule is CCCCCCCCCCCCSC[C@H](COP(=O)(O)OC[C@H]1O[C@@H](n2cc(C)c(=O)[nH]c2=O)C[C@@H]1N=[N+]=[N-])OCCCCCCCCCC.CCCCCCCCCCCCSC[C@H](COP(=O)([O-])OC[C@H]1O[C@@H](n2cc(C)c(=O)[nH]c2=O)C[C@@H]1N=[N+]=[N-])OCCCCCCCCCC.[Na+]. The summed E-state index contributed by atoms with van der Waals surface area (Å²) in [6.45, 7) is 12.0. The number of nitrogens with one attached hydrogen (secondary N) is 2. The monoisotopic (exact) mass is 1510 g/mol. The Morgan fingerprint density at radius 3 is 1.19 bits per heavy atom. The van der Waals surface area contributed by atoms with Crippen LogP contribution in [0.2, 0.25) is 0 Å². The van der Waals surface area contributed by atoms with Gasteiger partial charge in [0.25, 0.3) is 18.9 Å². The summed E-state index contributed by atoms with van der Waals surface area (Å²) in [5, 5.41) is 7.45. The Kier molecular flexibility index (Phi) is 56.1. The summed E-state index contributed by atoms with van der Waals surface area (Å²) in [7, 11) is -9.28. The van der Waals surface area contributed by atoms with E-state index in [0.717, 1.165) is 50.0 Å². The van der Waals surface area contributed by atoms with Gasteiger partial charge in [0.2, 0.25) is 0 Å². The fourth-order valence-corrected chi connectivity index (χ4v) is 15.5. The number of azide groups is 2. The molecule has 101 heavy (non-hydrogen) atoms. The number of nitrogens with zero attached hydrogens (tertiary/aromatic N) is 8. The molecule has 576 valence electrons. The van der Waals surface area contributed by atoms with E-state index in [1.807, 2.05) is 0 Å². The van der Waals surface area contributed by atoms with E-state index < -0.39 is 94.2 Å². The van der Waals surface area contributed by atoms with Crippen molar-refractivity contribution in [2.75, 3.05) is 62.7 Å². The predicted octanol–water partition coefficient (Wildman–Crippen LogP) is 14.6. The molecule has 2 aliphatic rings. The number of rotatable bonds is 62. The number of phosphoric acid groups is 2. The molecule has 2 fully saturated rings. The van der Waals surface area contributed by atoms with Crippen molar-refractivity contribution in [2.45, 2.75) is 334 Å². The first kappa shape index (κ1) is 94.8. The first-order chi connectivity index (χ1) is 48.4. The van der Waals surface area contributed by atoms with Crippen LogP contribution in [0.15, 0.2) is 41.8 Å². The molecule has 2 aromatic heterocycles. The van der Waals surface area contributed by atoms with E-state index in [2.05, 4.69) is 57.7 Å². The molecule has 4 heterocycles. The number of ether oxygens (including phenoxy) is 4. The van der Waals surface area contributed by atoms with Gasteiger partial charge in [0.1, 0.15) is 12.5 Å². The van der Waals surface area contributed by atoms with E-state index in [9.17, 15) is 38.1 Å². The zero-order chi connectivity index (χ0) is 72.9. The van der Waals surface area contributed by atoms with Crippen molar-refractivity contribution in [3.8, 4) is 0 Å². The molecule has 26 nitrogen and oxygen atoms in total. The smallest absolute Gasteiger partial charge is 0.756 e. The van der Waals surface area contributed by atoms with E-state index in [-0.39, 0.29) is 61.7 Å². The largest absolute Gasteiger partial charge is 1.00 e. The topological polar surface area (TPSA) is 359 Å². The molecule has 2 aromatic rings. The summed E-state index contributed by atoms with van der Waals surface area (Å²) in [6, 6.07) is -1.57. The van der Waals surface area contributed by atoms with Crippen LogP contribution in [0.4, 0.5) is 0 Å². The molecule has 4 rings (SSSR count). The molecule has 31 heteroatoms. The van der Waals surface area contributed by atoms with Crippen molar-refractivity contribution in [3.63, 3.8) is 0 Å². The van der Waals surface area contributed by atoms with Crippen molar-refractivity contribution in [3.05, 3.63) is 86.1 Å². The first-order valence-electron chi connectivity index (χ1n) is 38.0. The third kappa shape index (κ3) is 44.6. The van der Waals surface area contributed by atoms with Crippen molar-refractivity contribution in [2.24, 2.45) is 10.2 Å². The van der Waals surface area contributed by atoms with Crippen LogP contribution in [0, 0.1) is 13.8 Å². The fraction of sp³-hybridized carbons (Fsp3) is 0.886. The molecule has 10 atom stereocenters. The van der Waals surface area contributed by atoms with Gasteiger partial charge >= 0.3 is 48.8 Å². The van der Waals surface area contributed by atoms with Gasteiger partial charge in [-0.15, -0.1) is 0 Å². The average Bonchev–Trinajstić information content (AvgIpc) is 1.72. The number of unbranched alkanes of at least 4 members (excludes halogenated alkanes) is 32. The average molecular weight is 1510 g/mol. The number of aromatic amines is 2. The van der Waals surface area contributed by atoms with E-state index in [0.29, 0.717) is 35.8 Å². The zero-order valence-corrected chi connectivity index (χ0v) is 68.0. The van der Waals surface area contributed by atoms with Crippen molar-refractivity contribution >= 4 is 39.2 Å². The molecule has 0 saturated carbocycles. The summed E-state index contributed by atoms with van der Waals surface area (Å²) < 4.78 is 73.2. The van der Waals surface area contributed by atoms with Gasteiger partial charge in [0.05, 0.1) is 62.9 Å². The minimum absolute atomic E-state index is 0. The molecule has 0 amide bonds. The van der Waals surface area contributed by atoms with Gasteiger partial charge in [0, 0.05) is 70.9 Å². The molecule has 0 radical (unpaired) electrons. The fourth-order valence-electron chi connectivity index (χ4n) is 11.9. The van der Waals surface area contributed by atoms with Gasteiger partial charge in [-0.25, -0.2) is 14.2 Å². The van der Waals surface area contributed by atoms with Crippen LogP contribution in [-0.2, 0) is 46.2 Å². The van der Waals surface area contributed by atoms with E-state index >= 15 is 0 Å². The number of thioether (sulfide) groups is 2. The van der Waals surface area contributed by atoms with Gasteiger partial charge < -0.3 is 37.8 Å². The molecule has 0 aliphatic carbocycles. The maximum absolute atomic E-state index is 12.9. The van der Waals surface area contributed by atoms with Crippen LogP contribution in [0.25, 0.3) is 20.9 Å². The molecule has 2 aliphatic heterocycles. The quantitative estimate of drug-likeness (QED) is 0.0138. The Bertz CT molecular complexity index is 2720. The summed E-state index contributed by atoms with van der Waals surface area (Å²) in [4.78, 5) is 81.8. The van der Waals surface area contributed by atoms with Crippen LogP contribution in [-0.4, -0.2) is 123 Å². The maximum atomic E-state index is 12.9. The van der Waals surface area contributed by atoms with Crippen LogP contribution < -0.4 is 56.9 Å². The van der Waals surface area contributed by atoms with Crippen LogP contribution >= 0.6 is 39.2 Å². The van der Waals surface area contributed by atoms with Gasteiger partial charge in [-0.1, -0.05) is 243 Å². The number of aromatic nitrogens is 4. The van der Waals surface area contributed by atoms with Crippen molar-refractivity contribution < 1.29 is 85.5 Å². The second-order valence-corrected chi connectivity index (χ2v) is 31.9.